The predicted molar refractivity (Wildman–Crippen MR) is 75.0 cm³/mol. The molecule has 0 radical (unpaired) electrons. The highest BCUT2D eigenvalue weighted by atomic mass is 16.5. The fraction of sp³-hybridized carbons (Fsp3) is 0.857. The minimum Gasteiger partial charge on any atom is -0.380 e. The molecule has 0 bridgehead atoms. The van der Waals surface area contributed by atoms with E-state index in [0.717, 1.165) is 37.7 Å². The molecule has 0 saturated heterocycles. The average Bonchev–Trinajstić information content (AvgIpc) is 3.15. The van der Waals surface area contributed by atoms with Gasteiger partial charge in [-0.15, -0.1) is 0 Å². The molecule has 0 spiro atoms. The molecule has 1 aromatic heterocycles. The Morgan fingerprint density at radius 3 is 2.84 bits per heavy atom. The molecule has 1 aliphatic rings. The smallest absolute Gasteiger partial charge is 0.138 e. The summed E-state index contributed by atoms with van der Waals surface area (Å²) in [6.45, 7) is 6.19. The highest BCUT2D eigenvalue weighted by Gasteiger charge is 2.37. The normalized spacial score (nSPS) is 18.5. The summed E-state index contributed by atoms with van der Waals surface area (Å²) in [4.78, 5) is 4.39. The van der Waals surface area contributed by atoms with Crippen LogP contribution in [0.2, 0.25) is 0 Å². The summed E-state index contributed by atoms with van der Waals surface area (Å²) >= 11 is 0. The zero-order valence-electron chi connectivity index (χ0n) is 12.3. The largest absolute Gasteiger partial charge is 0.380 e. The van der Waals surface area contributed by atoms with Gasteiger partial charge in [0.1, 0.15) is 12.2 Å². The highest BCUT2D eigenvalue weighted by Crippen LogP contribution is 2.36. The first kappa shape index (κ1) is 14.5. The zero-order valence-corrected chi connectivity index (χ0v) is 12.3. The van der Waals surface area contributed by atoms with Gasteiger partial charge in [-0.05, 0) is 38.6 Å². The van der Waals surface area contributed by atoms with Gasteiger partial charge in [-0.3, -0.25) is 4.68 Å². The van der Waals surface area contributed by atoms with Gasteiger partial charge >= 0.3 is 0 Å². The van der Waals surface area contributed by atoms with E-state index in [-0.39, 0.29) is 0 Å². The average molecular weight is 266 g/mol. The number of aromatic nitrogens is 3. The number of nitrogens with zero attached hydrogens (tertiary/aromatic N) is 3. The van der Waals surface area contributed by atoms with Crippen molar-refractivity contribution in [2.75, 3.05) is 13.7 Å². The molecule has 1 aliphatic carbocycles. The Kier molecular flexibility index (Phi) is 5.34. The minimum absolute atomic E-state index is 0.300. The summed E-state index contributed by atoms with van der Waals surface area (Å²) in [7, 11) is 1.83. The quantitative estimate of drug-likeness (QED) is 0.738. The van der Waals surface area contributed by atoms with E-state index in [1.807, 2.05) is 11.8 Å². The van der Waals surface area contributed by atoms with Crippen molar-refractivity contribution in [3.05, 3.63) is 12.2 Å². The van der Waals surface area contributed by atoms with E-state index in [9.17, 15) is 0 Å². The first-order valence-electron chi connectivity index (χ1n) is 7.43. The van der Waals surface area contributed by atoms with Crippen LogP contribution in [0.25, 0.3) is 0 Å². The lowest BCUT2D eigenvalue weighted by molar-refractivity contribution is 0.0502. The van der Waals surface area contributed by atoms with Crippen LogP contribution in [0.15, 0.2) is 6.33 Å². The second-order valence-corrected chi connectivity index (χ2v) is 5.29. The minimum atomic E-state index is 0.300. The number of nitrogens with one attached hydrogen (secondary N) is 1. The molecule has 0 aromatic carbocycles. The number of methoxy groups -OCH3 is 1. The van der Waals surface area contributed by atoms with Crippen LogP contribution in [0.1, 0.15) is 38.9 Å². The summed E-state index contributed by atoms with van der Waals surface area (Å²) in [5, 5.41) is 7.88. The molecular weight excluding hydrogens is 240 g/mol. The van der Waals surface area contributed by atoms with Crippen LogP contribution < -0.4 is 5.32 Å². The summed E-state index contributed by atoms with van der Waals surface area (Å²) < 4.78 is 7.71. The molecular formula is C14H26N4O. The Morgan fingerprint density at radius 1 is 1.47 bits per heavy atom. The first-order chi connectivity index (χ1) is 9.30. The summed E-state index contributed by atoms with van der Waals surface area (Å²) in [5.74, 6) is 1.77. The topological polar surface area (TPSA) is 52.0 Å². The molecule has 2 unspecified atom stereocenters. The Labute approximate surface area is 115 Å². The molecule has 5 heteroatoms. The number of aryl methyl sites for hydroxylation is 1. The van der Waals surface area contributed by atoms with Crippen LogP contribution in [-0.2, 0) is 17.7 Å². The number of rotatable bonds is 9. The van der Waals surface area contributed by atoms with Gasteiger partial charge in [-0.25, -0.2) is 4.98 Å². The SMILES string of the molecule is CCCNC(Cc1ncnn1CC)C(OC)C1CC1. The van der Waals surface area contributed by atoms with Crippen molar-refractivity contribution in [2.24, 2.45) is 5.92 Å². The van der Waals surface area contributed by atoms with Gasteiger partial charge in [0, 0.05) is 26.1 Å². The molecule has 1 fully saturated rings. The summed E-state index contributed by atoms with van der Waals surface area (Å²) in [5.41, 5.74) is 0. The number of ether oxygens (including phenoxy) is 1. The second-order valence-electron chi connectivity index (χ2n) is 5.29. The van der Waals surface area contributed by atoms with Gasteiger partial charge in [-0.1, -0.05) is 6.92 Å². The lowest BCUT2D eigenvalue weighted by Gasteiger charge is -2.27. The van der Waals surface area contributed by atoms with Gasteiger partial charge in [0.05, 0.1) is 6.10 Å². The molecule has 0 amide bonds. The third kappa shape index (κ3) is 3.76. The Morgan fingerprint density at radius 2 is 2.26 bits per heavy atom. The van der Waals surface area contributed by atoms with Crippen LogP contribution in [-0.4, -0.2) is 40.6 Å². The van der Waals surface area contributed by atoms with Crippen LogP contribution in [0.3, 0.4) is 0 Å². The lowest BCUT2D eigenvalue weighted by Crippen LogP contribution is -2.44. The second kappa shape index (κ2) is 7.01. The third-order valence-electron chi connectivity index (χ3n) is 3.81. The van der Waals surface area contributed by atoms with Gasteiger partial charge < -0.3 is 10.1 Å². The lowest BCUT2D eigenvalue weighted by atomic mass is 10.0. The van der Waals surface area contributed by atoms with Crippen LogP contribution >= 0.6 is 0 Å². The predicted octanol–water partition coefficient (Wildman–Crippen LogP) is 1.63. The third-order valence-corrected chi connectivity index (χ3v) is 3.81. The Bertz CT molecular complexity index is 375. The van der Waals surface area contributed by atoms with Gasteiger partial charge in [0.25, 0.3) is 0 Å². The van der Waals surface area contributed by atoms with E-state index in [4.69, 9.17) is 4.74 Å². The van der Waals surface area contributed by atoms with E-state index in [2.05, 4.69) is 29.2 Å². The van der Waals surface area contributed by atoms with Crippen molar-refractivity contribution >= 4 is 0 Å². The van der Waals surface area contributed by atoms with Gasteiger partial charge in [-0.2, -0.15) is 5.10 Å². The van der Waals surface area contributed by atoms with Crippen LogP contribution in [0, 0.1) is 5.92 Å². The van der Waals surface area contributed by atoms with E-state index in [1.54, 1.807) is 6.33 Å². The number of hydrogen-bond donors (Lipinski definition) is 1. The zero-order chi connectivity index (χ0) is 13.7. The molecule has 19 heavy (non-hydrogen) atoms. The van der Waals surface area contributed by atoms with E-state index < -0.39 is 0 Å². The fourth-order valence-corrected chi connectivity index (χ4v) is 2.65. The fourth-order valence-electron chi connectivity index (χ4n) is 2.65. The molecule has 1 aromatic rings. The van der Waals surface area contributed by atoms with Crippen LogP contribution in [0.4, 0.5) is 0 Å². The van der Waals surface area contributed by atoms with Crippen molar-refractivity contribution in [1.29, 1.82) is 0 Å². The molecule has 5 nitrogen and oxygen atoms in total. The van der Waals surface area contributed by atoms with Crippen molar-refractivity contribution in [2.45, 2.75) is 58.2 Å². The summed E-state index contributed by atoms with van der Waals surface area (Å²) in [6.07, 6.45) is 6.57. The van der Waals surface area contributed by atoms with Crippen molar-refractivity contribution in [3.8, 4) is 0 Å². The van der Waals surface area contributed by atoms with E-state index in [1.165, 1.54) is 12.8 Å². The molecule has 1 heterocycles. The molecule has 2 atom stereocenters. The van der Waals surface area contributed by atoms with Crippen LogP contribution in [0.5, 0.6) is 0 Å². The van der Waals surface area contributed by atoms with E-state index >= 15 is 0 Å². The maximum atomic E-state index is 5.74. The monoisotopic (exact) mass is 266 g/mol. The van der Waals surface area contributed by atoms with Crippen molar-refractivity contribution in [1.82, 2.24) is 20.1 Å². The molecule has 1 N–H and O–H groups in total. The van der Waals surface area contributed by atoms with E-state index in [0.29, 0.717) is 12.1 Å². The highest BCUT2D eigenvalue weighted by molar-refractivity contribution is 4.97. The molecule has 2 rings (SSSR count). The Balaban J connectivity index is 2.03. The van der Waals surface area contributed by atoms with Crippen molar-refractivity contribution < 1.29 is 4.74 Å². The summed E-state index contributed by atoms with van der Waals surface area (Å²) in [6, 6.07) is 0.340. The Hall–Kier alpha value is -0.940. The molecule has 108 valence electrons. The number of hydrogen-bond acceptors (Lipinski definition) is 4. The molecule has 0 aliphatic heterocycles. The molecule has 1 saturated carbocycles. The maximum absolute atomic E-state index is 5.74. The maximum Gasteiger partial charge on any atom is 0.138 e. The van der Waals surface area contributed by atoms with Gasteiger partial charge in [0.15, 0.2) is 0 Å². The van der Waals surface area contributed by atoms with Gasteiger partial charge in [0.2, 0.25) is 0 Å². The first-order valence-corrected chi connectivity index (χ1v) is 7.43. The van der Waals surface area contributed by atoms with Crippen molar-refractivity contribution in [3.63, 3.8) is 0 Å². The standard InChI is InChI=1S/C14H26N4O/c1-4-8-15-12(14(19-3)11-6-7-11)9-13-16-10-17-18(13)5-2/h10-12,14-15H,4-9H2,1-3H3.